The van der Waals surface area contributed by atoms with Gasteiger partial charge in [-0.25, -0.2) is 0 Å². The summed E-state index contributed by atoms with van der Waals surface area (Å²) in [7, 11) is 0. The number of aromatic amines is 1. The highest BCUT2D eigenvalue weighted by molar-refractivity contribution is 7.71. The normalized spacial score (nSPS) is 16.0. The fourth-order valence-electron chi connectivity index (χ4n) is 3.03. The van der Waals surface area contributed by atoms with Crippen LogP contribution >= 0.6 is 12.2 Å². The van der Waals surface area contributed by atoms with Crippen molar-refractivity contribution in [3.63, 3.8) is 0 Å². The van der Waals surface area contributed by atoms with Crippen molar-refractivity contribution in [2.24, 2.45) is 0 Å². The predicted molar refractivity (Wildman–Crippen MR) is 97.1 cm³/mol. The van der Waals surface area contributed by atoms with Gasteiger partial charge >= 0.3 is 0 Å². The second-order valence-electron chi connectivity index (χ2n) is 6.40. The molecule has 1 amide bonds. The quantitative estimate of drug-likeness (QED) is 0.616. The van der Waals surface area contributed by atoms with Crippen LogP contribution in [-0.4, -0.2) is 33.8 Å². The van der Waals surface area contributed by atoms with E-state index in [1.807, 2.05) is 22.8 Å². The Morgan fingerprint density at radius 2 is 2.36 bits per heavy atom. The number of aromatic nitrogens is 3. The molecule has 1 aromatic carbocycles. The molecule has 1 aromatic heterocycles. The first-order chi connectivity index (χ1) is 12.2. The summed E-state index contributed by atoms with van der Waals surface area (Å²) in [6.07, 6.45) is 6.65. The molecule has 2 heterocycles. The molecule has 0 radical (unpaired) electrons. The Balaban J connectivity index is 1.31. The SMILES string of the molecule is O=C(C=Cc1ccc2c(c1)CCO2)NCCn1c(C2CC2)n[nH]c1=S. The molecule has 2 aromatic rings. The van der Waals surface area contributed by atoms with Crippen molar-refractivity contribution in [1.29, 1.82) is 0 Å². The Bertz CT molecular complexity index is 879. The van der Waals surface area contributed by atoms with Crippen LogP contribution in [0.15, 0.2) is 24.3 Å². The summed E-state index contributed by atoms with van der Waals surface area (Å²) < 4.78 is 8.09. The number of carbonyl (C=O) groups excluding carboxylic acids is 1. The van der Waals surface area contributed by atoms with E-state index in [9.17, 15) is 4.79 Å². The fourth-order valence-corrected chi connectivity index (χ4v) is 3.26. The molecule has 130 valence electrons. The van der Waals surface area contributed by atoms with Gasteiger partial charge in [0, 0.05) is 31.5 Å². The topological polar surface area (TPSA) is 71.9 Å². The van der Waals surface area contributed by atoms with Gasteiger partial charge in [-0.05, 0) is 54.4 Å². The Labute approximate surface area is 150 Å². The lowest BCUT2D eigenvalue weighted by molar-refractivity contribution is -0.116. The Morgan fingerprint density at radius 1 is 1.48 bits per heavy atom. The summed E-state index contributed by atoms with van der Waals surface area (Å²) in [5, 5.41) is 10.0. The number of nitrogens with one attached hydrogen (secondary N) is 2. The van der Waals surface area contributed by atoms with E-state index in [2.05, 4.69) is 21.6 Å². The van der Waals surface area contributed by atoms with Crippen molar-refractivity contribution in [2.75, 3.05) is 13.2 Å². The highest BCUT2D eigenvalue weighted by atomic mass is 32.1. The summed E-state index contributed by atoms with van der Waals surface area (Å²) in [5.74, 6) is 2.37. The molecule has 0 atom stereocenters. The maximum absolute atomic E-state index is 12.0. The van der Waals surface area contributed by atoms with Crippen molar-refractivity contribution in [2.45, 2.75) is 31.7 Å². The minimum atomic E-state index is -0.111. The van der Waals surface area contributed by atoms with Crippen LogP contribution in [0.3, 0.4) is 0 Å². The number of carbonyl (C=O) groups is 1. The number of ether oxygens (including phenoxy) is 1. The van der Waals surface area contributed by atoms with Crippen molar-refractivity contribution in [3.05, 3.63) is 46.0 Å². The van der Waals surface area contributed by atoms with E-state index in [1.54, 1.807) is 6.08 Å². The third kappa shape index (κ3) is 3.66. The van der Waals surface area contributed by atoms with Gasteiger partial charge in [-0.1, -0.05) is 6.07 Å². The molecule has 1 saturated carbocycles. The smallest absolute Gasteiger partial charge is 0.244 e. The molecule has 1 fully saturated rings. The fraction of sp³-hybridized carbons (Fsp3) is 0.389. The molecule has 7 heteroatoms. The van der Waals surface area contributed by atoms with E-state index in [-0.39, 0.29) is 5.91 Å². The number of amides is 1. The predicted octanol–water partition coefficient (Wildman–Crippen LogP) is 2.58. The molecule has 0 unspecified atom stereocenters. The van der Waals surface area contributed by atoms with Crippen molar-refractivity contribution < 1.29 is 9.53 Å². The number of H-pyrrole nitrogens is 1. The molecule has 2 N–H and O–H groups in total. The van der Waals surface area contributed by atoms with E-state index in [0.29, 0.717) is 23.8 Å². The van der Waals surface area contributed by atoms with E-state index >= 15 is 0 Å². The minimum absolute atomic E-state index is 0.111. The lowest BCUT2D eigenvalue weighted by atomic mass is 10.1. The van der Waals surface area contributed by atoms with Gasteiger partial charge < -0.3 is 14.6 Å². The molecule has 4 rings (SSSR count). The molecular formula is C18H20N4O2S. The third-order valence-electron chi connectivity index (χ3n) is 4.51. The molecule has 1 aliphatic heterocycles. The summed E-state index contributed by atoms with van der Waals surface area (Å²) in [6.45, 7) is 1.90. The highest BCUT2D eigenvalue weighted by Gasteiger charge is 2.28. The minimum Gasteiger partial charge on any atom is -0.493 e. The first kappa shape index (κ1) is 16.1. The van der Waals surface area contributed by atoms with Crippen LogP contribution in [0, 0.1) is 4.77 Å². The van der Waals surface area contributed by atoms with Crippen LogP contribution in [0.5, 0.6) is 5.75 Å². The third-order valence-corrected chi connectivity index (χ3v) is 4.82. The first-order valence-corrected chi connectivity index (χ1v) is 8.98. The number of hydrogen-bond acceptors (Lipinski definition) is 4. The molecule has 25 heavy (non-hydrogen) atoms. The van der Waals surface area contributed by atoms with Crippen LogP contribution in [0.25, 0.3) is 6.08 Å². The van der Waals surface area contributed by atoms with Crippen molar-refractivity contribution in [3.8, 4) is 5.75 Å². The number of benzene rings is 1. The zero-order valence-corrected chi connectivity index (χ0v) is 14.6. The van der Waals surface area contributed by atoms with Crippen molar-refractivity contribution >= 4 is 24.2 Å². The molecule has 0 bridgehead atoms. The monoisotopic (exact) mass is 356 g/mol. The lowest BCUT2D eigenvalue weighted by Crippen LogP contribution is -2.26. The number of hydrogen-bond donors (Lipinski definition) is 2. The largest absolute Gasteiger partial charge is 0.493 e. The van der Waals surface area contributed by atoms with Crippen LogP contribution in [0.4, 0.5) is 0 Å². The van der Waals surface area contributed by atoms with E-state index < -0.39 is 0 Å². The highest BCUT2D eigenvalue weighted by Crippen LogP contribution is 2.38. The molecule has 0 spiro atoms. The van der Waals surface area contributed by atoms with Crippen LogP contribution in [0.2, 0.25) is 0 Å². The molecule has 0 saturated heterocycles. The zero-order valence-electron chi connectivity index (χ0n) is 13.8. The number of fused-ring (bicyclic) bond motifs is 1. The average Bonchev–Trinajstić information content (AvgIpc) is 3.23. The van der Waals surface area contributed by atoms with Crippen LogP contribution in [-0.2, 0) is 17.8 Å². The van der Waals surface area contributed by atoms with Gasteiger partial charge in [0.1, 0.15) is 11.6 Å². The summed E-state index contributed by atoms with van der Waals surface area (Å²) in [6, 6.07) is 5.99. The van der Waals surface area contributed by atoms with Gasteiger partial charge in [-0.3, -0.25) is 9.89 Å². The molecule has 6 nitrogen and oxygen atoms in total. The van der Waals surface area contributed by atoms with Crippen LogP contribution in [0.1, 0.15) is 35.7 Å². The van der Waals surface area contributed by atoms with Crippen LogP contribution < -0.4 is 10.1 Å². The zero-order chi connectivity index (χ0) is 17.2. The summed E-state index contributed by atoms with van der Waals surface area (Å²) in [5.41, 5.74) is 2.21. The van der Waals surface area contributed by atoms with Gasteiger partial charge in [0.05, 0.1) is 6.61 Å². The summed E-state index contributed by atoms with van der Waals surface area (Å²) in [4.78, 5) is 12.0. The van der Waals surface area contributed by atoms with Crippen molar-refractivity contribution in [1.82, 2.24) is 20.1 Å². The number of nitrogens with zero attached hydrogens (tertiary/aromatic N) is 2. The molecular weight excluding hydrogens is 336 g/mol. The lowest BCUT2D eigenvalue weighted by Gasteiger charge is -2.06. The van der Waals surface area contributed by atoms with E-state index in [4.69, 9.17) is 17.0 Å². The Morgan fingerprint density at radius 3 is 3.20 bits per heavy atom. The Hall–Kier alpha value is -2.41. The first-order valence-electron chi connectivity index (χ1n) is 8.57. The van der Waals surface area contributed by atoms with Gasteiger partial charge in [0.15, 0.2) is 4.77 Å². The van der Waals surface area contributed by atoms with E-state index in [1.165, 1.54) is 18.4 Å². The molecule has 2 aliphatic rings. The maximum Gasteiger partial charge on any atom is 0.244 e. The summed E-state index contributed by atoms with van der Waals surface area (Å²) >= 11 is 5.26. The Kier molecular flexibility index (Phi) is 4.40. The maximum atomic E-state index is 12.0. The van der Waals surface area contributed by atoms with Gasteiger partial charge in [-0.2, -0.15) is 5.10 Å². The van der Waals surface area contributed by atoms with Gasteiger partial charge in [0.2, 0.25) is 5.91 Å². The van der Waals surface area contributed by atoms with Gasteiger partial charge in [-0.15, -0.1) is 0 Å². The van der Waals surface area contributed by atoms with Gasteiger partial charge in [0.25, 0.3) is 0 Å². The number of rotatable bonds is 6. The average molecular weight is 356 g/mol. The second-order valence-corrected chi connectivity index (χ2v) is 6.79. The molecule has 1 aliphatic carbocycles. The standard InChI is InChI=1S/C18H20N4O2S/c23-16(6-2-12-1-5-15-14(11-12)7-10-24-15)19-8-9-22-17(13-3-4-13)20-21-18(22)25/h1-2,5-6,11,13H,3-4,7-10H2,(H,19,23)(H,21,25). The van der Waals surface area contributed by atoms with E-state index in [0.717, 1.165) is 30.2 Å². The second kappa shape index (κ2) is 6.84.